The molecule has 2 nitrogen and oxygen atoms in total. The molecule has 0 spiro atoms. The van der Waals surface area contributed by atoms with Crippen molar-refractivity contribution in [3.8, 4) is 0 Å². The summed E-state index contributed by atoms with van der Waals surface area (Å²) in [5.74, 6) is 0.303. The number of benzene rings is 2. The van der Waals surface area contributed by atoms with Crippen LogP contribution in [0.25, 0.3) is 33.0 Å². The maximum absolute atomic E-state index is 13.5. The van der Waals surface area contributed by atoms with Crippen LogP contribution in [0.15, 0.2) is 66.9 Å². The molecule has 0 aliphatic rings. The first-order chi connectivity index (χ1) is 12.1. The first-order valence-electron chi connectivity index (χ1n) is 8.59. The standard InChI is InChI=1S/C22H18FN2.HI/c1-14(2)15-4-8-21-16(11-15)3-7-19-13-24-20-9-6-18(23)12-17(20)5-10-22(24)25(19)21;/h3-14H,1-2H3;1H/q+1;/p-1. The van der Waals surface area contributed by atoms with E-state index in [1.807, 2.05) is 12.1 Å². The zero-order valence-electron chi connectivity index (χ0n) is 14.6. The number of imidazole rings is 1. The Bertz CT molecular complexity index is 1290. The molecule has 0 unspecified atom stereocenters. The van der Waals surface area contributed by atoms with Crippen LogP contribution in [0.5, 0.6) is 0 Å². The second kappa shape index (κ2) is 6.20. The van der Waals surface area contributed by atoms with Crippen LogP contribution in [0.2, 0.25) is 0 Å². The molecule has 0 atom stereocenters. The second-order valence-electron chi connectivity index (χ2n) is 6.96. The molecule has 130 valence electrons. The molecule has 5 aromatic rings. The van der Waals surface area contributed by atoms with Crippen molar-refractivity contribution in [2.75, 3.05) is 0 Å². The predicted octanol–water partition coefficient (Wildman–Crippen LogP) is 2.25. The van der Waals surface area contributed by atoms with E-state index in [4.69, 9.17) is 0 Å². The van der Waals surface area contributed by atoms with Gasteiger partial charge in [0.1, 0.15) is 23.0 Å². The highest BCUT2D eigenvalue weighted by Crippen LogP contribution is 2.25. The van der Waals surface area contributed by atoms with Gasteiger partial charge in [-0.3, -0.25) is 0 Å². The van der Waals surface area contributed by atoms with Gasteiger partial charge in [0, 0.05) is 16.8 Å². The van der Waals surface area contributed by atoms with Crippen LogP contribution in [-0.2, 0) is 0 Å². The van der Waals surface area contributed by atoms with Gasteiger partial charge in [-0.15, -0.1) is 0 Å². The molecule has 0 aliphatic carbocycles. The van der Waals surface area contributed by atoms with Crippen LogP contribution in [0.1, 0.15) is 25.3 Å². The van der Waals surface area contributed by atoms with E-state index < -0.39 is 0 Å². The topological polar surface area (TPSA) is 8.51 Å². The average Bonchev–Trinajstić information content (AvgIpc) is 3.00. The van der Waals surface area contributed by atoms with Crippen molar-refractivity contribution in [3.63, 3.8) is 0 Å². The normalized spacial score (nSPS) is 11.7. The Morgan fingerprint density at radius 2 is 1.69 bits per heavy atom. The molecule has 4 heteroatoms. The van der Waals surface area contributed by atoms with E-state index in [0.29, 0.717) is 5.92 Å². The highest BCUT2D eigenvalue weighted by atomic mass is 127. The van der Waals surface area contributed by atoms with Gasteiger partial charge < -0.3 is 24.0 Å². The van der Waals surface area contributed by atoms with E-state index in [-0.39, 0.29) is 29.8 Å². The lowest BCUT2D eigenvalue weighted by atomic mass is 10.0. The van der Waals surface area contributed by atoms with Crippen molar-refractivity contribution in [2.45, 2.75) is 19.8 Å². The summed E-state index contributed by atoms with van der Waals surface area (Å²) in [7, 11) is 0. The van der Waals surface area contributed by atoms with Crippen LogP contribution in [0.3, 0.4) is 0 Å². The van der Waals surface area contributed by atoms with Gasteiger partial charge in [-0.05, 0) is 60.0 Å². The molecular weight excluding hydrogens is 438 g/mol. The summed E-state index contributed by atoms with van der Waals surface area (Å²) in [5.41, 5.74) is 5.75. The van der Waals surface area contributed by atoms with E-state index in [1.165, 1.54) is 22.5 Å². The lowest BCUT2D eigenvalue weighted by Crippen LogP contribution is -3.00. The van der Waals surface area contributed by atoms with E-state index >= 15 is 0 Å². The number of pyridine rings is 2. The third-order valence-corrected chi connectivity index (χ3v) is 5.05. The Labute approximate surface area is 167 Å². The average molecular weight is 456 g/mol. The molecule has 3 aromatic heterocycles. The lowest BCUT2D eigenvalue weighted by molar-refractivity contribution is -0.479. The van der Waals surface area contributed by atoms with Gasteiger partial charge in [-0.1, -0.05) is 19.9 Å². The van der Waals surface area contributed by atoms with Crippen LogP contribution >= 0.6 is 0 Å². The zero-order valence-corrected chi connectivity index (χ0v) is 16.7. The largest absolute Gasteiger partial charge is 1.00 e. The summed E-state index contributed by atoms with van der Waals surface area (Å²) in [4.78, 5) is 0. The van der Waals surface area contributed by atoms with Gasteiger partial charge in [0.05, 0.1) is 0 Å². The summed E-state index contributed by atoms with van der Waals surface area (Å²) in [6.45, 7) is 4.43. The third-order valence-electron chi connectivity index (χ3n) is 5.05. The molecule has 0 radical (unpaired) electrons. The molecule has 0 saturated carbocycles. The first kappa shape index (κ1) is 17.2. The Balaban J connectivity index is 0.00000168. The van der Waals surface area contributed by atoms with Crippen molar-refractivity contribution in [1.82, 2.24) is 4.40 Å². The molecule has 26 heavy (non-hydrogen) atoms. The molecule has 0 saturated heterocycles. The quantitative estimate of drug-likeness (QED) is 0.270. The molecule has 3 heterocycles. The van der Waals surface area contributed by atoms with Gasteiger partial charge in [0.2, 0.25) is 0 Å². The smallest absolute Gasteiger partial charge is 0.292 e. The summed E-state index contributed by atoms with van der Waals surface area (Å²) >= 11 is 0. The first-order valence-corrected chi connectivity index (χ1v) is 8.59. The fraction of sp³-hybridized carbons (Fsp3) is 0.136. The Hall–Kier alpha value is -2.21. The number of hydrogen-bond donors (Lipinski definition) is 0. The summed E-state index contributed by atoms with van der Waals surface area (Å²) in [5, 5.41) is 2.14. The lowest BCUT2D eigenvalue weighted by Gasteiger charge is -2.06. The molecule has 0 aliphatic heterocycles. The summed E-state index contributed by atoms with van der Waals surface area (Å²) in [6.07, 6.45) is 2.12. The summed E-state index contributed by atoms with van der Waals surface area (Å²) < 4.78 is 17.9. The Kier molecular flexibility index (Phi) is 4.10. The maximum Gasteiger partial charge on any atom is 0.292 e. The highest BCUT2D eigenvalue weighted by molar-refractivity contribution is 5.86. The minimum atomic E-state index is -0.206. The highest BCUT2D eigenvalue weighted by Gasteiger charge is 2.17. The Morgan fingerprint density at radius 3 is 2.50 bits per heavy atom. The van der Waals surface area contributed by atoms with Crippen molar-refractivity contribution in [1.29, 1.82) is 0 Å². The van der Waals surface area contributed by atoms with Crippen LogP contribution in [-0.4, -0.2) is 4.40 Å². The van der Waals surface area contributed by atoms with Crippen LogP contribution < -0.4 is 28.4 Å². The van der Waals surface area contributed by atoms with Gasteiger partial charge in [0.15, 0.2) is 5.52 Å². The fourth-order valence-electron chi connectivity index (χ4n) is 3.71. The van der Waals surface area contributed by atoms with Crippen molar-refractivity contribution < 1.29 is 32.8 Å². The van der Waals surface area contributed by atoms with Crippen molar-refractivity contribution in [3.05, 3.63) is 78.2 Å². The molecule has 0 bridgehead atoms. The zero-order chi connectivity index (χ0) is 17.1. The van der Waals surface area contributed by atoms with Crippen LogP contribution in [0.4, 0.5) is 4.39 Å². The van der Waals surface area contributed by atoms with E-state index in [0.717, 1.165) is 22.1 Å². The van der Waals surface area contributed by atoms with Gasteiger partial charge in [0.25, 0.3) is 5.65 Å². The Morgan fingerprint density at radius 1 is 0.885 bits per heavy atom. The minimum absolute atomic E-state index is 0. The number of fused-ring (bicyclic) bond motifs is 7. The maximum atomic E-state index is 13.5. The minimum Gasteiger partial charge on any atom is -1.00 e. The molecule has 0 fully saturated rings. The molecule has 0 N–H and O–H groups in total. The van der Waals surface area contributed by atoms with Gasteiger partial charge in [-0.25, -0.2) is 4.39 Å². The SMILES string of the molecule is CC(C)c1ccc2c(ccc3c[n+]4c5ccc(F)cc5ccc4n32)c1.[I-]. The number of nitrogens with zero attached hydrogens (tertiary/aromatic N) is 2. The van der Waals surface area contributed by atoms with Crippen molar-refractivity contribution in [2.24, 2.45) is 0 Å². The fourth-order valence-corrected chi connectivity index (χ4v) is 3.71. The molecule has 2 aromatic carbocycles. The second-order valence-corrected chi connectivity index (χ2v) is 6.96. The monoisotopic (exact) mass is 456 g/mol. The third kappa shape index (κ3) is 2.47. The van der Waals surface area contributed by atoms with E-state index in [9.17, 15) is 4.39 Å². The predicted molar refractivity (Wildman–Crippen MR) is 99.6 cm³/mol. The molecular formula is C22H18FIN2. The van der Waals surface area contributed by atoms with Gasteiger partial charge in [-0.2, -0.15) is 8.80 Å². The number of rotatable bonds is 1. The van der Waals surface area contributed by atoms with Crippen molar-refractivity contribution >= 4 is 33.0 Å². The number of aromatic nitrogens is 2. The molecule has 0 amide bonds. The van der Waals surface area contributed by atoms with E-state index in [1.54, 1.807) is 6.07 Å². The summed E-state index contributed by atoms with van der Waals surface area (Å²) in [6, 6.07) is 20.0. The number of halogens is 2. The van der Waals surface area contributed by atoms with Crippen LogP contribution in [0, 0.1) is 5.82 Å². The van der Waals surface area contributed by atoms with E-state index in [2.05, 4.69) is 65.2 Å². The van der Waals surface area contributed by atoms with Gasteiger partial charge >= 0.3 is 0 Å². The number of hydrogen-bond acceptors (Lipinski definition) is 0. The molecule has 5 rings (SSSR count).